The number of nitro benzene ring substituents is 1. The summed E-state index contributed by atoms with van der Waals surface area (Å²) in [7, 11) is 0. The molecule has 120 valence electrons. The highest BCUT2D eigenvalue weighted by atomic mass is 35.5. The molecule has 0 atom stereocenters. The monoisotopic (exact) mass is 342 g/mol. The van der Waals surface area contributed by atoms with E-state index in [4.69, 9.17) is 16.3 Å². The second kappa shape index (κ2) is 6.25. The van der Waals surface area contributed by atoms with Gasteiger partial charge in [-0.2, -0.15) is 0 Å². The highest BCUT2D eigenvalue weighted by Gasteiger charge is 2.25. The molecule has 1 heterocycles. The lowest BCUT2D eigenvalue weighted by Gasteiger charge is -2.02. The average molecular weight is 343 g/mol. The highest BCUT2D eigenvalue weighted by Crippen LogP contribution is 2.27. The number of esters is 1. The fourth-order valence-electron chi connectivity index (χ4n) is 2.25. The standard InChI is InChI=1S/C17H11ClN2O4/c1-10-4-2-3-5-12(10)16-19-14(17(21)24-16)8-11-6-7-13(18)15(9-11)20(22)23/h2-9H,1H3/b14-8-. The summed E-state index contributed by atoms with van der Waals surface area (Å²) in [5.74, 6) is -0.390. The van der Waals surface area contributed by atoms with Crippen molar-refractivity contribution in [3.8, 4) is 0 Å². The smallest absolute Gasteiger partial charge is 0.363 e. The van der Waals surface area contributed by atoms with Crippen molar-refractivity contribution in [1.29, 1.82) is 0 Å². The Morgan fingerprint density at radius 2 is 2.00 bits per heavy atom. The van der Waals surface area contributed by atoms with Crippen molar-refractivity contribution in [2.24, 2.45) is 4.99 Å². The number of carbonyl (C=O) groups excluding carboxylic acids is 1. The topological polar surface area (TPSA) is 81.8 Å². The second-order valence-electron chi connectivity index (χ2n) is 5.12. The first-order valence-electron chi connectivity index (χ1n) is 6.98. The minimum atomic E-state index is -0.606. The van der Waals surface area contributed by atoms with E-state index in [-0.39, 0.29) is 22.3 Å². The van der Waals surface area contributed by atoms with Gasteiger partial charge in [0.05, 0.1) is 4.92 Å². The zero-order valence-electron chi connectivity index (χ0n) is 12.5. The summed E-state index contributed by atoms with van der Waals surface area (Å²) in [6, 6.07) is 11.6. The van der Waals surface area contributed by atoms with E-state index in [0.29, 0.717) is 5.56 Å². The summed E-state index contributed by atoms with van der Waals surface area (Å²) >= 11 is 5.78. The predicted octanol–water partition coefficient (Wildman–Crippen LogP) is 3.90. The molecule has 0 spiro atoms. The number of halogens is 1. The van der Waals surface area contributed by atoms with E-state index in [1.165, 1.54) is 18.2 Å². The zero-order chi connectivity index (χ0) is 17.3. The molecule has 0 unspecified atom stereocenters. The lowest BCUT2D eigenvalue weighted by Crippen LogP contribution is -2.06. The largest absolute Gasteiger partial charge is 0.402 e. The van der Waals surface area contributed by atoms with Crippen LogP contribution >= 0.6 is 11.6 Å². The maximum Gasteiger partial charge on any atom is 0.363 e. The van der Waals surface area contributed by atoms with Crippen LogP contribution in [0.5, 0.6) is 0 Å². The first kappa shape index (κ1) is 15.9. The molecular weight excluding hydrogens is 332 g/mol. The van der Waals surface area contributed by atoms with Crippen LogP contribution < -0.4 is 0 Å². The Hall–Kier alpha value is -2.99. The Balaban J connectivity index is 1.99. The Morgan fingerprint density at radius 1 is 1.25 bits per heavy atom. The van der Waals surface area contributed by atoms with Gasteiger partial charge in [-0.3, -0.25) is 10.1 Å². The number of ether oxygens (including phenoxy) is 1. The van der Waals surface area contributed by atoms with Crippen molar-refractivity contribution in [1.82, 2.24) is 0 Å². The molecule has 24 heavy (non-hydrogen) atoms. The maximum absolute atomic E-state index is 12.0. The number of carbonyl (C=O) groups is 1. The number of aliphatic imine (C=N–C) groups is 1. The first-order chi connectivity index (χ1) is 11.5. The van der Waals surface area contributed by atoms with E-state index in [2.05, 4.69) is 4.99 Å². The fraction of sp³-hybridized carbons (Fsp3) is 0.0588. The molecule has 0 fully saturated rings. The van der Waals surface area contributed by atoms with Crippen LogP contribution in [0.1, 0.15) is 16.7 Å². The quantitative estimate of drug-likeness (QED) is 0.366. The minimum absolute atomic E-state index is 0.0280. The Morgan fingerprint density at radius 3 is 2.71 bits per heavy atom. The molecule has 2 aromatic rings. The van der Waals surface area contributed by atoms with Crippen molar-refractivity contribution in [2.75, 3.05) is 0 Å². The summed E-state index contributed by atoms with van der Waals surface area (Å²) in [5, 5.41) is 11.0. The van der Waals surface area contributed by atoms with Crippen LogP contribution in [0.15, 0.2) is 53.2 Å². The molecule has 0 aromatic heterocycles. The van der Waals surface area contributed by atoms with Crippen LogP contribution in [0.2, 0.25) is 5.02 Å². The summed E-state index contributed by atoms with van der Waals surface area (Å²) in [6.45, 7) is 1.88. The van der Waals surface area contributed by atoms with E-state index in [1.807, 2.05) is 25.1 Å². The Labute approximate surface area is 142 Å². The van der Waals surface area contributed by atoms with Crippen molar-refractivity contribution in [2.45, 2.75) is 6.92 Å². The van der Waals surface area contributed by atoms with E-state index >= 15 is 0 Å². The number of nitrogens with zero attached hydrogens (tertiary/aromatic N) is 2. The van der Waals surface area contributed by atoms with Crippen LogP contribution in [0.25, 0.3) is 6.08 Å². The molecule has 1 aliphatic rings. The van der Waals surface area contributed by atoms with Gasteiger partial charge in [0.1, 0.15) is 5.02 Å². The van der Waals surface area contributed by atoms with Gasteiger partial charge in [-0.1, -0.05) is 35.9 Å². The van der Waals surface area contributed by atoms with Gasteiger partial charge < -0.3 is 4.74 Å². The average Bonchev–Trinajstić information content (AvgIpc) is 2.90. The van der Waals surface area contributed by atoms with Crippen LogP contribution in [-0.4, -0.2) is 16.8 Å². The molecule has 0 saturated heterocycles. The van der Waals surface area contributed by atoms with E-state index in [1.54, 1.807) is 12.1 Å². The van der Waals surface area contributed by atoms with E-state index in [9.17, 15) is 14.9 Å². The molecule has 0 bridgehead atoms. The Kier molecular flexibility index (Phi) is 4.14. The number of hydrogen-bond donors (Lipinski definition) is 0. The van der Waals surface area contributed by atoms with Gasteiger partial charge in [-0.25, -0.2) is 9.79 Å². The number of benzene rings is 2. The van der Waals surface area contributed by atoms with Crippen LogP contribution in [0, 0.1) is 17.0 Å². The third kappa shape index (κ3) is 3.04. The molecule has 0 radical (unpaired) electrons. The molecule has 0 N–H and O–H groups in total. The molecule has 0 amide bonds. The van der Waals surface area contributed by atoms with Crippen LogP contribution in [0.3, 0.4) is 0 Å². The Bertz CT molecular complexity index is 919. The maximum atomic E-state index is 12.0. The van der Waals surface area contributed by atoms with Gasteiger partial charge in [-0.15, -0.1) is 0 Å². The fourth-order valence-corrected chi connectivity index (χ4v) is 2.44. The SMILES string of the molecule is Cc1ccccc1C1=N/C(=C\c2ccc(Cl)c([N+](=O)[O-])c2)C(=O)O1. The minimum Gasteiger partial charge on any atom is -0.402 e. The van der Waals surface area contributed by atoms with Crippen LogP contribution in [0.4, 0.5) is 5.69 Å². The molecule has 1 aliphatic heterocycles. The van der Waals surface area contributed by atoms with Gasteiger partial charge in [0.15, 0.2) is 5.70 Å². The summed E-state index contributed by atoms with van der Waals surface area (Å²) < 4.78 is 5.20. The van der Waals surface area contributed by atoms with Crippen molar-refractivity contribution in [3.63, 3.8) is 0 Å². The number of cyclic esters (lactones) is 1. The van der Waals surface area contributed by atoms with Gasteiger partial charge in [0.25, 0.3) is 5.69 Å². The van der Waals surface area contributed by atoms with Crippen LogP contribution in [-0.2, 0) is 9.53 Å². The highest BCUT2D eigenvalue weighted by molar-refractivity contribution is 6.32. The molecule has 6 nitrogen and oxygen atoms in total. The summed E-state index contributed by atoms with van der Waals surface area (Å²) in [6.07, 6.45) is 1.43. The number of rotatable bonds is 3. The third-order valence-corrected chi connectivity index (χ3v) is 3.79. The number of hydrogen-bond acceptors (Lipinski definition) is 5. The van der Waals surface area contributed by atoms with Gasteiger partial charge in [-0.05, 0) is 36.3 Å². The van der Waals surface area contributed by atoms with E-state index in [0.717, 1.165) is 11.1 Å². The second-order valence-corrected chi connectivity index (χ2v) is 5.53. The molecule has 7 heteroatoms. The molecule has 0 aliphatic carbocycles. The lowest BCUT2D eigenvalue weighted by atomic mass is 10.1. The third-order valence-electron chi connectivity index (χ3n) is 3.47. The molecular formula is C17H11ClN2O4. The van der Waals surface area contributed by atoms with Crippen molar-refractivity contribution < 1.29 is 14.5 Å². The number of aryl methyl sites for hydroxylation is 1. The first-order valence-corrected chi connectivity index (χ1v) is 7.36. The van der Waals surface area contributed by atoms with Gasteiger partial charge in [0, 0.05) is 11.6 Å². The van der Waals surface area contributed by atoms with Crippen molar-refractivity contribution >= 4 is 35.2 Å². The lowest BCUT2D eigenvalue weighted by molar-refractivity contribution is -0.384. The summed E-state index contributed by atoms with van der Waals surface area (Å²) in [4.78, 5) is 26.5. The van der Waals surface area contributed by atoms with Gasteiger partial charge in [0.2, 0.25) is 5.90 Å². The molecule has 2 aromatic carbocycles. The zero-order valence-corrected chi connectivity index (χ0v) is 13.3. The predicted molar refractivity (Wildman–Crippen MR) is 89.9 cm³/mol. The van der Waals surface area contributed by atoms with Gasteiger partial charge >= 0.3 is 5.97 Å². The normalized spacial score (nSPS) is 15.3. The molecule has 0 saturated carbocycles. The van der Waals surface area contributed by atoms with E-state index < -0.39 is 10.9 Å². The summed E-state index contributed by atoms with van der Waals surface area (Å²) in [5.41, 5.74) is 1.92. The van der Waals surface area contributed by atoms with Crippen molar-refractivity contribution in [3.05, 3.63) is 80.0 Å². The number of nitro groups is 1. The molecule has 3 rings (SSSR count).